The van der Waals surface area contributed by atoms with E-state index in [1.165, 1.54) is 5.56 Å². The molecule has 0 saturated heterocycles. The summed E-state index contributed by atoms with van der Waals surface area (Å²) in [6.07, 6.45) is 3.84. The number of pyridine rings is 2. The van der Waals surface area contributed by atoms with Crippen LogP contribution in [0.4, 0.5) is 5.69 Å². The molecule has 0 aliphatic heterocycles. The van der Waals surface area contributed by atoms with Crippen molar-refractivity contribution in [2.24, 2.45) is 0 Å². The molecular weight excluding hydrogens is 286 g/mol. The van der Waals surface area contributed by atoms with Crippen molar-refractivity contribution >= 4 is 29.2 Å². The van der Waals surface area contributed by atoms with E-state index in [1.54, 1.807) is 23.5 Å². The van der Waals surface area contributed by atoms with Crippen LogP contribution in [0.3, 0.4) is 0 Å². The van der Waals surface area contributed by atoms with Crippen LogP contribution in [0.5, 0.6) is 0 Å². The van der Waals surface area contributed by atoms with E-state index in [9.17, 15) is 0 Å². The van der Waals surface area contributed by atoms with Crippen molar-refractivity contribution < 1.29 is 0 Å². The number of aromatic nitrogens is 2. The highest BCUT2D eigenvalue weighted by molar-refractivity contribution is 8.00. The molecule has 0 aliphatic carbocycles. The fraction of sp³-hybridized carbons (Fsp3) is 0.333. The molecule has 2 heterocycles. The van der Waals surface area contributed by atoms with E-state index < -0.39 is 0 Å². The molecule has 0 radical (unpaired) electrons. The first-order valence-corrected chi connectivity index (χ1v) is 8.39. The molecule has 0 spiro atoms. The van der Waals surface area contributed by atoms with Gasteiger partial charge in [0.15, 0.2) is 0 Å². The van der Waals surface area contributed by atoms with Gasteiger partial charge < -0.3 is 5.73 Å². The lowest BCUT2D eigenvalue weighted by molar-refractivity contribution is 0.734. The molecule has 5 heteroatoms. The van der Waals surface area contributed by atoms with Crippen LogP contribution in [0.25, 0.3) is 0 Å². The summed E-state index contributed by atoms with van der Waals surface area (Å²) >= 11 is 3.29. The van der Waals surface area contributed by atoms with Gasteiger partial charge in [-0.05, 0) is 50.8 Å². The van der Waals surface area contributed by atoms with Gasteiger partial charge in [0.2, 0.25) is 0 Å². The number of nitrogen functional groups attached to an aromatic ring is 1. The van der Waals surface area contributed by atoms with Gasteiger partial charge in [-0.2, -0.15) is 0 Å². The topological polar surface area (TPSA) is 51.8 Å². The molecule has 3 nitrogen and oxygen atoms in total. The van der Waals surface area contributed by atoms with Gasteiger partial charge in [-0.25, -0.2) is 4.98 Å². The molecule has 0 amide bonds. The highest BCUT2D eigenvalue weighted by Gasteiger charge is 2.26. The van der Waals surface area contributed by atoms with E-state index in [2.05, 4.69) is 36.8 Å². The van der Waals surface area contributed by atoms with Crippen molar-refractivity contribution in [2.45, 2.75) is 35.6 Å². The van der Waals surface area contributed by atoms with Gasteiger partial charge in [0, 0.05) is 11.9 Å². The molecule has 20 heavy (non-hydrogen) atoms. The highest BCUT2D eigenvalue weighted by Crippen LogP contribution is 2.41. The zero-order valence-electron chi connectivity index (χ0n) is 12.2. The van der Waals surface area contributed by atoms with Crippen LogP contribution in [0, 0.1) is 6.92 Å². The average molecular weight is 305 g/mol. The molecular formula is C15H19N3S2. The van der Waals surface area contributed by atoms with Crippen molar-refractivity contribution in [3.8, 4) is 0 Å². The molecule has 2 N–H and O–H groups in total. The molecule has 0 fully saturated rings. The average Bonchev–Trinajstić information content (AvgIpc) is 2.37. The Hall–Kier alpha value is -1.20. The van der Waals surface area contributed by atoms with Crippen LogP contribution in [-0.4, -0.2) is 16.2 Å². The van der Waals surface area contributed by atoms with Gasteiger partial charge in [-0.15, -0.1) is 11.8 Å². The largest absolute Gasteiger partial charge is 0.399 e. The number of rotatable bonds is 4. The Kier molecular flexibility index (Phi) is 4.60. The second kappa shape index (κ2) is 6.06. The minimum atomic E-state index is -0.151. The zero-order chi connectivity index (χ0) is 14.8. The van der Waals surface area contributed by atoms with Crippen molar-refractivity contribution in [3.63, 3.8) is 0 Å². The minimum absolute atomic E-state index is 0.151. The molecule has 2 aromatic rings. The van der Waals surface area contributed by atoms with Crippen LogP contribution in [0.2, 0.25) is 0 Å². The number of aryl methyl sites for hydroxylation is 1. The van der Waals surface area contributed by atoms with E-state index in [1.807, 2.05) is 30.7 Å². The van der Waals surface area contributed by atoms with Gasteiger partial charge in [0.1, 0.15) is 5.03 Å². The molecule has 0 bridgehead atoms. The summed E-state index contributed by atoms with van der Waals surface area (Å²) in [7, 11) is 0. The molecule has 2 rings (SSSR count). The predicted molar refractivity (Wildman–Crippen MR) is 88.3 cm³/mol. The summed E-state index contributed by atoms with van der Waals surface area (Å²) in [6, 6.07) is 7.87. The Balaban J connectivity index is 2.33. The van der Waals surface area contributed by atoms with Crippen molar-refractivity contribution in [1.29, 1.82) is 0 Å². The maximum Gasteiger partial charge on any atom is 0.100 e. The second-order valence-electron chi connectivity index (χ2n) is 5.06. The zero-order valence-corrected chi connectivity index (χ0v) is 13.8. The van der Waals surface area contributed by atoms with E-state index >= 15 is 0 Å². The minimum Gasteiger partial charge on any atom is -0.399 e. The Bertz CT molecular complexity index is 612. The number of hydrogen-bond acceptors (Lipinski definition) is 5. The summed E-state index contributed by atoms with van der Waals surface area (Å²) in [5.41, 5.74) is 8.97. The van der Waals surface area contributed by atoms with Crippen molar-refractivity contribution in [1.82, 2.24) is 9.97 Å². The second-order valence-corrected chi connectivity index (χ2v) is 7.53. The van der Waals surface area contributed by atoms with Gasteiger partial charge in [-0.1, -0.05) is 17.8 Å². The Morgan fingerprint density at radius 3 is 2.55 bits per heavy atom. The summed E-state index contributed by atoms with van der Waals surface area (Å²) in [5, 5.41) is 1.88. The van der Waals surface area contributed by atoms with Gasteiger partial charge in [-0.3, -0.25) is 4.98 Å². The fourth-order valence-corrected chi connectivity index (χ4v) is 3.76. The fourth-order valence-electron chi connectivity index (χ4n) is 2.08. The van der Waals surface area contributed by atoms with E-state index in [4.69, 9.17) is 5.73 Å². The lowest BCUT2D eigenvalue weighted by atomic mass is 10.0. The standard InChI is InChI=1S/C15H19N3S2/c1-10-6-5-7-17-14(10)15(2,3)20-13-9-11(16)8-12(18-13)19-4/h5-9H,1-4H3,(H2,16,18). The van der Waals surface area contributed by atoms with E-state index in [-0.39, 0.29) is 4.75 Å². The van der Waals surface area contributed by atoms with Crippen LogP contribution < -0.4 is 5.73 Å². The lowest BCUT2D eigenvalue weighted by Gasteiger charge is -2.24. The van der Waals surface area contributed by atoms with Crippen molar-refractivity contribution in [2.75, 3.05) is 12.0 Å². The first-order valence-electron chi connectivity index (χ1n) is 6.35. The molecule has 2 aromatic heterocycles. The molecule has 0 saturated carbocycles. The summed E-state index contributed by atoms with van der Waals surface area (Å²) in [4.78, 5) is 9.14. The number of nitrogens with two attached hydrogens (primary N) is 1. The first-order chi connectivity index (χ1) is 9.42. The highest BCUT2D eigenvalue weighted by atomic mass is 32.2. The molecule has 0 aliphatic rings. The predicted octanol–water partition coefficient (Wildman–Crippen LogP) is 4.12. The third-order valence-corrected chi connectivity index (χ3v) is 4.70. The third kappa shape index (κ3) is 3.46. The van der Waals surface area contributed by atoms with E-state index in [0.717, 1.165) is 21.4 Å². The van der Waals surface area contributed by atoms with E-state index in [0.29, 0.717) is 0 Å². The maximum absolute atomic E-state index is 5.94. The molecule has 106 valence electrons. The van der Waals surface area contributed by atoms with Gasteiger partial charge in [0.05, 0.1) is 15.5 Å². The Morgan fingerprint density at radius 1 is 1.20 bits per heavy atom. The normalized spacial score (nSPS) is 11.6. The van der Waals surface area contributed by atoms with Crippen molar-refractivity contribution in [3.05, 3.63) is 41.7 Å². The van der Waals surface area contributed by atoms with Crippen LogP contribution in [0.15, 0.2) is 40.5 Å². The van der Waals surface area contributed by atoms with Gasteiger partial charge in [0.25, 0.3) is 0 Å². The smallest absolute Gasteiger partial charge is 0.100 e. The summed E-state index contributed by atoms with van der Waals surface area (Å²) in [6.45, 7) is 6.41. The Labute approximate surface area is 128 Å². The number of thioether (sulfide) groups is 2. The number of hydrogen-bond donors (Lipinski definition) is 1. The Morgan fingerprint density at radius 2 is 1.90 bits per heavy atom. The van der Waals surface area contributed by atoms with Crippen LogP contribution in [0.1, 0.15) is 25.1 Å². The number of nitrogens with zero attached hydrogens (tertiary/aromatic N) is 2. The quantitative estimate of drug-likeness (QED) is 0.861. The summed E-state index contributed by atoms with van der Waals surface area (Å²) in [5.74, 6) is 0. The van der Waals surface area contributed by atoms with Gasteiger partial charge >= 0.3 is 0 Å². The SMILES string of the molecule is CSc1cc(N)cc(SC(C)(C)c2ncccc2C)n1. The third-order valence-electron chi connectivity index (χ3n) is 2.95. The van der Waals surface area contributed by atoms with Crippen LogP contribution in [-0.2, 0) is 4.75 Å². The molecule has 0 unspecified atom stereocenters. The lowest BCUT2D eigenvalue weighted by Crippen LogP contribution is -2.16. The molecule has 0 aromatic carbocycles. The monoisotopic (exact) mass is 305 g/mol. The summed E-state index contributed by atoms with van der Waals surface area (Å²) < 4.78 is -0.151. The number of anilines is 1. The molecule has 0 atom stereocenters. The maximum atomic E-state index is 5.94. The first kappa shape index (κ1) is 15.2. The van der Waals surface area contributed by atoms with Crippen LogP contribution >= 0.6 is 23.5 Å².